The normalized spacial score (nSPS) is 15.9. The summed E-state index contributed by atoms with van der Waals surface area (Å²) in [5.41, 5.74) is 2.05. The second kappa shape index (κ2) is 8.30. The Kier molecular flexibility index (Phi) is 5.67. The molecule has 0 bridgehead atoms. The third kappa shape index (κ3) is 3.72. The van der Waals surface area contributed by atoms with Crippen molar-refractivity contribution in [1.29, 1.82) is 0 Å². The Bertz CT molecular complexity index is 1010. The maximum Gasteiger partial charge on any atom is 0.408 e. The van der Waals surface area contributed by atoms with Crippen molar-refractivity contribution in [2.75, 3.05) is 6.61 Å². The molecule has 0 aliphatic heterocycles. The smallest absolute Gasteiger partial charge is 0.408 e. The van der Waals surface area contributed by atoms with Crippen LogP contribution in [0.2, 0.25) is 0 Å². The minimum Gasteiger partial charge on any atom is -0.480 e. The van der Waals surface area contributed by atoms with E-state index in [4.69, 9.17) is 4.74 Å². The first-order valence-electron chi connectivity index (χ1n) is 11.0. The van der Waals surface area contributed by atoms with E-state index in [1.54, 1.807) is 13.8 Å². The van der Waals surface area contributed by atoms with Gasteiger partial charge in [-0.2, -0.15) is 0 Å². The molecule has 2 aromatic rings. The number of hydrogen-bond acceptors (Lipinski definition) is 4. The number of carboxylic acids is 1. The largest absolute Gasteiger partial charge is 0.480 e. The summed E-state index contributed by atoms with van der Waals surface area (Å²) in [6, 6.07) is 16.1. The summed E-state index contributed by atoms with van der Waals surface area (Å²) >= 11 is 0. The van der Waals surface area contributed by atoms with Crippen LogP contribution in [0.1, 0.15) is 56.6 Å². The number of amides is 2. The lowest BCUT2D eigenvalue weighted by Gasteiger charge is -2.30. The number of fused-ring (bicyclic) bond motifs is 3. The number of carboxylic acid groups (broad SMARTS) is 1. The number of aliphatic carboxylic acids is 1. The van der Waals surface area contributed by atoms with Gasteiger partial charge in [0.1, 0.15) is 17.7 Å². The summed E-state index contributed by atoms with van der Waals surface area (Å²) in [7, 11) is 0. The molecule has 168 valence electrons. The Hall–Kier alpha value is -3.35. The van der Waals surface area contributed by atoms with Crippen LogP contribution in [0.15, 0.2) is 48.5 Å². The van der Waals surface area contributed by atoms with Gasteiger partial charge < -0.3 is 20.5 Å². The molecule has 3 N–H and O–H groups in total. The minimum absolute atomic E-state index is 0.0722. The average molecular weight is 437 g/mol. The summed E-state index contributed by atoms with van der Waals surface area (Å²) in [4.78, 5) is 37.1. The fraction of sp³-hybridized carbons (Fsp3) is 0.400. The van der Waals surface area contributed by atoms with E-state index in [0.29, 0.717) is 12.8 Å². The van der Waals surface area contributed by atoms with Crippen molar-refractivity contribution in [1.82, 2.24) is 10.6 Å². The van der Waals surface area contributed by atoms with E-state index in [1.165, 1.54) is 0 Å². The monoisotopic (exact) mass is 436 g/mol. The first kappa shape index (κ1) is 21.9. The highest BCUT2D eigenvalue weighted by Crippen LogP contribution is 2.44. The number of ether oxygens (including phenoxy) is 1. The molecule has 7 heteroatoms. The van der Waals surface area contributed by atoms with Crippen LogP contribution >= 0.6 is 0 Å². The second-order valence-electron chi connectivity index (χ2n) is 8.58. The van der Waals surface area contributed by atoms with E-state index < -0.39 is 29.0 Å². The SMILES string of the molecule is CCC(CC)(NC(=O)C1(NC(=O)OCC2c3ccccc3-c3ccccc32)CC1)C(=O)O. The number of rotatable bonds is 8. The highest BCUT2D eigenvalue weighted by atomic mass is 16.5. The molecule has 2 amide bonds. The zero-order chi connectivity index (χ0) is 22.9. The van der Waals surface area contributed by atoms with Crippen LogP contribution in [0.3, 0.4) is 0 Å². The molecule has 4 rings (SSSR count). The van der Waals surface area contributed by atoms with Crippen LogP contribution in [0.4, 0.5) is 4.79 Å². The van der Waals surface area contributed by atoms with Gasteiger partial charge in [0.15, 0.2) is 0 Å². The minimum atomic E-state index is -1.34. The van der Waals surface area contributed by atoms with Gasteiger partial charge in [0.2, 0.25) is 5.91 Å². The molecule has 1 saturated carbocycles. The topological polar surface area (TPSA) is 105 Å². The van der Waals surface area contributed by atoms with Crippen molar-refractivity contribution in [3.63, 3.8) is 0 Å². The molecule has 0 unspecified atom stereocenters. The fourth-order valence-corrected chi connectivity index (χ4v) is 4.48. The number of nitrogens with one attached hydrogen (secondary N) is 2. The molecule has 2 aliphatic rings. The number of benzene rings is 2. The van der Waals surface area contributed by atoms with Crippen molar-refractivity contribution in [2.24, 2.45) is 0 Å². The lowest BCUT2D eigenvalue weighted by Crippen LogP contribution is -2.60. The van der Waals surface area contributed by atoms with Crippen molar-refractivity contribution >= 4 is 18.0 Å². The highest BCUT2D eigenvalue weighted by Gasteiger charge is 2.54. The lowest BCUT2D eigenvalue weighted by atomic mass is 9.92. The van der Waals surface area contributed by atoms with E-state index in [-0.39, 0.29) is 25.4 Å². The second-order valence-corrected chi connectivity index (χ2v) is 8.58. The van der Waals surface area contributed by atoms with Gasteiger partial charge in [0, 0.05) is 5.92 Å². The Morgan fingerprint density at radius 2 is 1.53 bits per heavy atom. The molecule has 2 aromatic carbocycles. The predicted molar refractivity (Wildman–Crippen MR) is 119 cm³/mol. The summed E-state index contributed by atoms with van der Waals surface area (Å²) in [5, 5.41) is 14.9. The Morgan fingerprint density at radius 3 is 2.00 bits per heavy atom. The summed E-state index contributed by atoms with van der Waals surface area (Å²) in [6.45, 7) is 3.59. The van der Waals surface area contributed by atoms with Crippen LogP contribution in [0.5, 0.6) is 0 Å². The molecule has 0 saturated heterocycles. The molecule has 7 nitrogen and oxygen atoms in total. The lowest BCUT2D eigenvalue weighted by molar-refractivity contribution is -0.148. The van der Waals surface area contributed by atoms with Crippen molar-refractivity contribution in [3.8, 4) is 11.1 Å². The van der Waals surface area contributed by atoms with E-state index in [0.717, 1.165) is 22.3 Å². The molecular weight excluding hydrogens is 408 g/mol. The number of carbonyl (C=O) groups excluding carboxylic acids is 2. The Labute approximate surface area is 187 Å². The van der Waals surface area contributed by atoms with Gasteiger partial charge in [-0.25, -0.2) is 9.59 Å². The Balaban J connectivity index is 1.42. The van der Waals surface area contributed by atoms with E-state index in [1.807, 2.05) is 36.4 Å². The zero-order valence-corrected chi connectivity index (χ0v) is 18.3. The standard InChI is InChI=1S/C25H28N2O5/c1-3-24(4-2,22(29)30)26-21(28)25(13-14-25)27-23(31)32-15-20-18-11-7-5-9-16(18)17-10-6-8-12-19(17)20/h5-12,20H,3-4,13-15H2,1-2H3,(H,26,28)(H,27,31)(H,29,30). The van der Waals surface area contributed by atoms with E-state index in [2.05, 4.69) is 22.8 Å². The molecule has 32 heavy (non-hydrogen) atoms. The quantitative estimate of drug-likeness (QED) is 0.584. The highest BCUT2D eigenvalue weighted by molar-refractivity contribution is 5.96. The Morgan fingerprint density at radius 1 is 1.00 bits per heavy atom. The fourth-order valence-electron chi connectivity index (χ4n) is 4.48. The third-order valence-electron chi connectivity index (χ3n) is 6.84. The van der Waals surface area contributed by atoms with Crippen LogP contribution in [0.25, 0.3) is 11.1 Å². The molecule has 0 radical (unpaired) electrons. The van der Waals surface area contributed by atoms with Gasteiger partial charge in [-0.15, -0.1) is 0 Å². The number of alkyl carbamates (subject to hydrolysis) is 1. The van der Waals surface area contributed by atoms with Crippen LogP contribution in [-0.2, 0) is 14.3 Å². The average Bonchev–Trinajstić information content (AvgIpc) is 3.51. The van der Waals surface area contributed by atoms with Crippen LogP contribution in [0, 0.1) is 0 Å². The third-order valence-corrected chi connectivity index (χ3v) is 6.84. The first-order chi connectivity index (χ1) is 15.4. The molecule has 0 atom stereocenters. The molecule has 1 fully saturated rings. The maximum absolute atomic E-state index is 12.8. The van der Waals surface area contributed by atoms with Crippen molar-refractivity contribution in [2.45, 2.75) is 56.5 Å². The molecular formula is C25H28N2O5. The van der Waals surface area contributed by atoms with Gasteiger partial charge in [-0.3, -0.25) is 4.79 Å². The molecule has 0 spiro atoms. The summed E-state index contributed by atoms with van der Waals surface area (Å²) < 4.78 is 5.55. The first-order valence-corrected chi connectivity index (χ1v) is 11.0. The zero-order valence-electron chi connectivity index (χ0n) is 18.3. The number of hydrogen-bond donors (Lipinski definition) is 3. The summed E-state index contributed by atoms with van der Waals surface area (Å²) in [5.74, 6) is -1.62. The predicted octanol–water partition coefficient (Wildman–Crippen LogP) is 3.82. The van der Waals surface area contributed by atoms with Crippen LogP contribution in [-0.4, -0.2) is 40.8 Å². The van der Waals surface area contributed by atoms with Gasteiger partial charge >= 0.3 is 12.1 Å². The van der Waals surface area contributed by atoms with Gasteiger partial charge in [-0.05, 0) is 47.9 Å². The molecule has 0 aromatic heterocycles. The van der Waals surface area contributed by atoms with Gasteiger partial charge in [0.25, 0.3) is 0 Å². The van der Waals surface area contributed by atoms with Crippen molar-refractivity contribution in [3.05, 3.63) is 59.7 Å². The van der Waals surface area contributed by atoms with Gasteiger partial charge in [-0.1, -0.05) is 62.4 Å². The van der Waals surface area contributed by atoms with Crippen molar-refractivity contribution < 1.29 is 24.2 Å². The molecule has 0 heterocycles. The van der Waals surface area contributed by atoms with E-state index in [9.17, 15) is 19.5 Å². The summed E-state index contributed by atoms with van der Waals surface area (Å²) in [6.07, 6.45) is 0.739. The van der Waals surface area contributed by atoms with Crippen LogP contribution < -0.4 is 10.6 Å². The molecule has 2 aliphatic carbocycles. The van der Waals surface area contributed by atoms with E-state index >= 15 is 0 Å². The number of carbonyl (C=O) groups is 3. The maximum atomic E-state index is 12.8. The van der Waals surface area contributed by atoms with Gasteiger partial charge in [0.05, 0.1) is 0 Å².